The van der Waals surface area contributed by atoms with Gasteiger partial charge in [0.2, 0.25) is 5.91 Å². The Kier molecular flexibility index (Phi) is 13.8. The zero-order chi connectivity index (χ0) is 32.7. The number of nitrogens with one attached hydrogen (secondary N) is 2. The van der Waals surface area contributed by atoms with Gasteiger partial charge in [-0.2, -0.15) is 0 Å². The lowest BCUT2D eigenvalue weighted by Crippen LogP contribution is -2.53. The molecule has 2 heterocycles. The molecule has 1 aliphatic carbocycles. The molecular weight excluding hydrogens is 602 g/mol. The normalized spacial score (nSPS) is 19.5. The van der Waals surface area contributed by atoms with Crippen LogP contribution in [0.3, 0.4) is 0 Å². The van der Waals surface area contributed by atoms with Crippen LogP contribution in [0.5, 0.6) is 0 Å². The average Bonchev–Trinajstić information content (AvgIpc) is 3.73. The predicted octanol–water partition coefficient (Wildman–Crippen LogP) is 5.37. The Morgan fingerprint density at radius 3 is 2.70 bits per heavy atom. The number of β-amino-alcohol motifs (C(OH)–C–C–N with tert-alkyl or cyclic N) is 1. The van der Waals surface area contributed by atoms with Crippen LogP contribution in [0, 0.1) is 0 Å². The number of unbranched alkanes of at least 4 members (excludes halogenated alkanes) is 1. The minimum Gasteiger partial charge on any atom is -0.444 e. The molecular formula is C35H47N5O5S. The maximum atomic E-state index is 13.8. The van der Waals surface area contributed by atoms with E-state index >= 15 is 0 Å². The highest BCUT2D eigenvalue weighted by atomic mass is 32.1. The number of allylic oxidation sites excluding steroid dienone is 5. The first-order valence-electron chi connectivity index (χ1n) is 16.3. The summed E-state index contributed by atoms with van der Waals surface area (Å²) in [6.07, 6.45) is 15.0. The molecule has 0 bridgehead atoms. The lowest BCUT2D eigenvalue weighted by Gasteiger charge is -2.31. The summed E-state index contributed by atoms with van der Waals surface area (Å²) in [6, 6.07) is 8.35. The van der Waals surface area contributed by atoms with Crippen molar-refractivity contribution in [1.29, 1.82) is 0 Å². The number of likely N-dealkylation sites (tertiary alicyclic amines) is 1. The zero-order valence-corrected chi connectivity index (χ0v) is 27.7. The summed E-state index contributed by atoms with van der Waals surface area (Å²) < 4.78 is 5.46. The van der Waals surface area contributed by atoms with Crippen molar-refractivity contribution in [2.75, 3.05) is 19.6 Å². The minimum atomic E-state index is -0.758. The average molecular weight is 650 g/mol. The van der Waals surface area contributed by atoms with Gasteiger partial charge in [0.05, 0.1) is 22.5 Å². The monoisotopic (exact) mass is 649 g/mol. The summed E-state index contributed by atoms with van der Waals surface area (Å²) in [7, 11) is 0. The number of thiazole rings is 1. The van der Waals surface area contributed by atoms with Crippen molar-refractivity contribution in [2.24, 2.45) is 0 Å². The molecule has 1 aromatic heterocycles. The van der Waals surface area contributed by atoms with Crippen molar-refractivity contribution in [3.05, 3.63) is 88.4 Å². The first-order chi connectivity index (χ1) is 22.4. The third-order valence-corrected chi connectivity index (χ3v) is 8.97. The Hall–Kier alpha value is -3.96. The van der Waals surface area contributed by atoms with Gasteiger partial charge in [-0.3, -0.25) is 9.78 Å². The van der Waals surface area contributed by atoms with Gasteiger partial charge in [0.15, 0.2) is 0 Å². The topological polar surface area (TPSA) is 124 Å². The number of aromatic nitrogens is 1. The van der Waals surface area contributed by atoms with E-state index in [0.717, 1.165) is 35.3 Å². The molecule has 0 spiro atoms. The van der Waals surface area contributed by atoms with Crippen LogP contribution in [-0.2, 0) is 22.6 Å². The van der Waals surface area contributed by atoms with E-state index in [1.165, 1.54) is 16.2 Å². The number of aliphatic hydroxyl groups excluding tert-OH is 1. The van der Waals surface area contributed by atoms with Gasteiger partial charge in [-0.1, -0.05) is 74.1 Å². The van der Waals surface area contributed by atoms with Gasteiger partial charge >= 0.3 is 12.1 Å². The lowest BCUT2D eigenvalue weighted by molar-refractivity contribution is -0.125. The van der Waals surface area contributed by atoms with E-state index in [9.17, 15) is 19.5 Å². The number of rotatable bonds is 15. The van der Waals surface area contributed by atoms with Crippen LogP contribution in [0.4, 0.5) is 9.59 Å². The summed E-state index contributed by atoms with van der Waals surface area (Å²) in [6.45, 7) is 5.44. The zero-order valence-electron chi connectivity index (χ0n) is 26.8. The molecule has 1 aromatic carbocycles. The highest BCUT2D eigenvalue weighted by Crippen LogP contribution is 2.22. The van der Waals surface area contributed by atoms with Gasteiger partial charge in [-0.05, 0) is 50.2 Å². The number of ether oxygens (including phenoxy) is 1. The van der Waals surface area contributed by atoms with E-state index < -0.39 is 18.2 Å². The largest absolute Gasteiger partial charge is 0.444 e. The Bertz CT molecular complexity index is 1350. The molecule has 1 saturated heterocycles. The number of urea groups is 1. The van der Waals surface area contributed by atoms with E-state index in [1.807, 2.05) is 61.6 Å². The van der Waals surface area contributed by atoms with Crippen molar-refractivity contribution in [1.82, 2.24) is 25.4 Å². The van der Waals surface area contributed by atoms with Gasteiger partial charge in [-0.15, -0.1) is 11.3 Å². The smallest absolute Gasteiger partial charge is 0.407 e. The van der Waals surface area contributed by atoms with E-state index in [-0.39, 0.29) is 43.6 Å². The summed E-state index contributed by atoms with van der Waals surface area (Å²) in [4.78, 5) is 48.2. The van der Waals surface area contributed by atoms with Crippen molar-refractivity contribution >= 4 is 29.4 Å². The molecule has 0 saturated carbocycles. The maximum absolute atomic E-state index is 13.8. The van der Waals surface area contributed by atoms with Gasteiger partial charge in [0.1, 0.15) is 12.6 Å². The molecule has 3 N–H and O–H groups in total. The first-order valence-corrected chi connectivity index (χ1v) is 17.2. The molecule has 1 aliphatic heterocycles. The second-order valence-corrected chi connectivity index (χ2v) is 12.7. The van der Waals surface area contributed by atoms with Gasteiger partial charge in [0.25, 0.3) is 0 Å². The molecule has 4 atom stereocenters. The van der Waals surface area contributed by atoms with Crippen molar-refractivity contribution in [2.45, 2.75) is 89.6 Å². The number of aliphatic hydroxyl groups is 1. The quantitative estimate of drug-likeness (QED) is 0.239. The lowest BCUT2D eigenvalue weighted by atomic mass is 9.96. The molecule has 11 heteroatoms. The number of hydrogen-bond acceptors (Lipinski definition) is 7. The van der Waals surface area contributed by atoms with E-state index in [4.69, 9.17) is 4.74 Å². The second-order valence-electron chi connectivity index (χ2n) is 11.8. The third-order valence-electron chi connectivity index (χ3n) is 8.22. The Labute approximate surface area is 276 Å². The SMILES string of the molecule is CCCCN(CC)C(=O)N1CC(O)CC1C(=O)NC(CCC(C=C1C=CC=CC1)NC(=O)OCc1cncs1)Cc1ccccc1. The van der Waals surface area contributed by atoms with Gasteiger partial charge < -0.3 is 30.3 Å². The fourth-order valence-electron chi connectivity index (χ4n) is 5.75. The van der Waals surface area contributed by atoms with Crippen molar-refractivity contribution in [3.63, 3.8) is 0 Å². The summed E-state index contributed by atoms with van der Waals surface area (Å²) in [5.74, 6) is -0.274. The highest BCUT2D eigenvalue weighted by molar-refractivity contribution is 7.09. The third kappa shape index (κ3) is 10.8. The fraction of sp³-hybridized carbons (Fsp3) is 0.486. The molecule has 2 aromatic rings. The molecule has 46 heavy (non-hydrogen) atoms. The van der Waals surface area contributed by atoms with Crippen LogP contribution < -0.4 is 10.6 Å². The number of nitrogens with zero attached hydrogens (tertiary/aromatic N) is 3. The van der Waals surface area contributed by atoms with E-state index in [1.54, 1.807) is 16.6 Å². The number of benzene rings is 1. The maximum Gasteiger partial charge on any atom is 0.407 e. The number of carbonyl (C=O) groups excluding carboxylic acids is 3. The second kappa shape index (κ2) is 18.3. The molecule has 4 unspecified atom stereocenters. The van der Waals surface area contributed by atoms with Gasteiger partial charge in [0, 0.05) is 38.3 Å². The van der Waals surface area contributed by atoms with Crippen LogP contribution in [0.1, 0.15) is 62.8 Å². The molecule has 1 fully saturated rings. The predicted molar refractivity (Wildman–Crippen MR) is 180 cm³/mol. The summed E-state index contributed by atoms with van der Waals surface area (Å²) in [5, 5.41) is 16.7. The molecule has 248 valence electrons. The molecule has 4 rings (SSSR count). The number of alkyl carbamates (subject to hydrolysis) is 1. The summed E-state index contributed by atoms with van der Waals surface area (Å²) in [5.41, 5.74) is 3.84. The van der Waals surface area contributed by atoms with Crippen molar-refractivity contribution < 1.29 is 24.2 Å². The Morgan fingerprint density at radius 2 is 2.00 bits per heavy atom. The fourth-order valence-corrected chi connectivity index (χ4v) is 6.25. The standard InChI is InChI=1S/C35H47N5O5S/c1-3-5-18-39(4-2)35(44)40-23-30(41)21-32(40)33(42)37-28(19-26-12-8-6-9-13-26)16-17-29(20-27-14-10-7-11-15-27)38-34(43)45-24-31-22-36-25-46-31/h6-14,20,22,25,28-30,32,41H,3-5,15-19,21,23-24H2,1-2H3,(H,37,42)(H,38,43). The van der Waals surface area contributed by atoms with E-state index in [0.29, 0.717) is 32.4 Å². The molecule has 10 nitrogen and oxygen atoms in total. The van der Waals surface area contributed by atoms with Crippen LogP contribution in [0.2, 0.25) is 0 Å². The molecule has 0 radical (unpaired) electrons. The first kappa shape index (κ1) is 34.9. The number of carbonyl (C=O) groups is 3. The van der Waals surface area contributed by atoms with Crippen LogP contribution in [-0.4, -0.2) is 81.8 Å². The van der Waals surface area contributed by atoms with Crippen molar-refractivity contribution in [3.8, 4) is 0 Å². The van der Waals surface area contributed by atoms with Gasteiger partial charge in [-0.25, -0.2) is 9.59 Å². The minimum absolute atomic E-state index is 0.133. The highest BCUT2D eigenvalue weighted by Gasteiger charge is 2.40. The Balaban J connectivity index is 1.47. The summed E-state index contributed by atoms with van der Waals surface area (Å²) >= 11 is 1.42. The number of hydrogen-bond donors (Lipinski definition) is 3. The number of amides is 4. The van der Waals surface area contributed by atoms with E-state index in [2.05, 4.69) is 28.6 Å². The molecule has 4 amide bonds. The van der Waals surface area contributed by atoms with Crippen LogP contribution in [0.25, 0.3) is 0 Å². The Morgan fingerprint density at radius 1 is 1.17 bits per heavy atom. The van der Waals surface area contributed by atoms with Crippen LogP contribution >= 0.6 is 11.3 Å². The molecule has 2 aliphatic rings. The van der Waals surface area contributed by atoms with Crippen LogP contribution in [0.15, 0.2) is 78.0 Å².